The van der Waals surface area contributed by atoms with E-state index in [-0.39, 0.29) is 35.7 Å². The lowest BCUT2D eigenvalue weighted by atomic mass is 10.2. The van der Waals surface area contributed by atoms with Crippen LogP contribution >= 0.6 is 11.6 Å². The Morgan fingerprint density at radius 2 is 2.10 bits per heavy atom. The van der Waals surface area contributed by atoms with Crippen molar-refractivity contribution in [3.63, 3.8) is 0 Å². The van der Waals surface area contributed by atoms with Gasteiger partial charge in [0.2, 0.25) is 0 Å². The topological polar surface area (TPSA) is 93.3 Å². The van der Waals surface area contributed by atoms with Gasteiger partial charge < -0.3 is 9.63 Å². The molecule has 0 radical (unpaired) electrons. The molecular formula is C13H15ClN2O4S. The maximum atomic E-state index is 11.9. The average molecular weight is 331 g/mol. The number of nitrogens with zero attached hydrogens (tertiary/aromatic N) is 2. The van der Waals surface area contributed by atoms with Crippen LogP contribution in [0.4, 0.5) is 0 Å². The molecule has 0 aliphatic heterocycles. The molecule has 114 valence electrons. The Labute approximate surface area is 127 Å². The van der Waals surface area contributed by atoms with E-state index in [1.165, 1.54) is 0 Å². The van der Waals surface area contributed by atoms with Crippen molar-refractivity contribution in [1.29, 1.82) is 0 Å². The summed E-state index contributed by atoms with van der Waals surface area (Å²) in [5.74, 6) is -0.522. The number of halogens is 1. The zero-order chi connectivity index (χ0) is 15.5. The van der Waals surface area contributed by atoms with Crippen LogP contribution in [0, 0.1) is 5.92 Å². The minimum Gasteiger partial charge on any atom is -0.396 e. The predicted octanol–water partition coefficient (Wildman–Crippen LogP) is 1.93. The summed E-state index contributed by atoms with van der Waals surface area (Å²) in [5.41, 5.74) is 0.555. The van der Waals surface area contributed by atoms with E-state index in [9.17, 15) is 8.42 Å². The molecule has 1 heterocycles. The van der Waals surface area contributed by atoms with Crippen molar-refractivity contribution in [1.82, 2.24) is 10.1 Å². The summed E-state index contributed by atoms with van der Waals surface area (Å²) >= 11 is 6.01. The van der Waals surface area contributed by atoms with E-state index in [1.54, 1.807) is 31.2 Å². The molecular weight excluding hydrogens is 316 g/mol. The molecule has 1 unspecified atom stereocenters. The molecule has 1 aromatic carbocycles. The molecule has 0 aliphatic rings. The Morgan fingerprint density at radius 1 is 1.38 bits per heavy atom. The highest BCUT2D eigenvalue weighted by atomic mass is 35.5. The van der Waals surface area contributed by atoms with Crippen LogP contribution in [0.25, 0.3) is 11.5 Å². The van der Waals surface area contributed by atoms with Gasteiger partial charge in [-0.3, -0.25) is 0 Å². The van der Waals surface area contributed by atoms with Crippen molar-refractivity contribution >= 4 is 21.4 Å². The molecule has 0 amide bonds. The molecule has 2 aromatic rings. The first-order valence-corrected chi connectivity index (χ1v) is 8.50. The highest BCUT2D eigenvalue weighted by molar-refractivity contribution is 7.90. The lowest BCUT2D eigenvalue weighted by molar-refractivity contribution is 0.249. The van der Waals surface area contributed by atoms with E-state index in [4.69, 9.17) is 21.2 Å². The highest BCUT2D eigenvalue weighted by Gasteiger charge is 2.20. The number of aliphatic hydroxyl groups excluding tert-OH is 1. The zero-order valence-electron chi connectivity index (χ0n) is 11.4. The number of aromatic nitrogens is 2. The summed E-state index contributed by atoms with van der Waals surface area (Å²) in [7, 11) is -3.40. The molecule has 1 N–H and O–H groups in total. The molecule has 6 nitrogen and oxygen atoms in total. The van der Waals surface area contributed by atoms with E-state index in [2.05, 4.69) is 10.1 Å². The number of rotatable bonds is 6. The fourth-order valence-corrected chi connectivity index (χ4v) is 3.62. The van der Waals surface area contributed by atoms with Gasteiger partial charge in [0.25, 0.3) is 5.89 Å². The minimum atomic E-state index is -3.40. The van der Waals surface area contributed by atoms with Crippen LogP contribution in [0.1, 0.15) is 12.7 Å². The van der Waals surface area contributed by atoms with Gasteiger partial charge in [-0.25, -0.2) is 8.42 Å². The van der Waals surface area contributed by atoms with E-state index in [0.29, 0.717) is 10.6 Å². The Bertz CT molecular complexity index is 714. The first kappa shape index (κ1) is 15.9. The van der Waals surface area contributed by atoms with Gasteiger partial charge in [0.05, 0.1) is 16.3 Å². The second-order valence-corrected chi connectivity index (χ2v) is 7.35. The van der Waals surface area contributed by atoms with Gasteiger partial charge in [-0.15, -0.1) is 0 Å². The summed E-state index contributed by atoms with van der Waals surface area (Å²) in [5, 5.41) is 13.0. The molecule has 2 rings (SSSR count). The predicted molar refractivity (Wildman–Crippen MR) is 78.5 cm³/mol. The van der Waals surface area contributed by atoms with Gasteiger partial charge in [-0.2, -0.15) is 4.98 Å². The third kappa shape index (κ3) is 4.26. The molecule has 0 saturated carbocycles. The lowest BCUT2D eigenvalue weighted by Gasteiger charge is -2.06. The van der Waals surface area contributed by atoms with Gasteiger partial charge in [-0.05, 0) is 18.1 Å². The van der Waals surface area contributed by atoms with Crippen LogP contribution in [-0.4, -0.2) is 36.0 Å². The fraction of sp³-hybridized carbons (Fsp3) is 0.385. The molecule has 0 aliphatic carbocycles. The largest absolute Gasteiger partial charge is 0.396 e. The number of hydrogen-bond donors (Lipinski definition) is 1. The van der Waals surface area contributed by atoms with Crippen LogP contribution in [0.15, 0.2) is 28.8 Å². The second-order valence-electron chi connectivity index (χ2n) is 4.84. The minimum absolute atomic E-state index is 0.0788. The van der Waals surface area contributed by atoms with Crippen LogP contribution in [0.3, 0.4) is 0 Å². The maximum absolute atomic E-state index is 11.9. The summed E-state index contributed by atoms with van der Waals surface area (Å²) in [6.45, 7) is 1.47. The second kappa shape index (κ2) is 6.55. The quantitative estimate of drug-likeness (QED) is 0.869. The molecule has 0 fully saturated rings. The van der Waals surface area contributed by atoms with Crippen molar-refractivity contribution in [2.24, 2.45) is 5.92 Å². The van der Waals surface area contributed by atoms with E-state index in [0.717, 1.165) is 0 Å². The summed E-state index contributed by atoms with van der Waals surface area (Å²) in [4.78, 5) is 4.06. The molecule has 0 spiro atoms. The first-order valence-electron chi connectivity index (χ1n) is 6.30. The fourth-order valence-electron chi connectivity index (χ4n) is 1.80. The molecule has 0 bridgehead atoms. The number of benzene rings is 1. The van der Waals surface area contributed by atoms with Crippen LogP contribution in [-0.2, 0) is 15.6 Å². The smallest absolute Gasteiger partial charge is 0.259 e. The number of hydrogen-bond acceptors (Lipinski definition) is 6. The van der Waals surface area contributed by atoms with Crippen LogP contribution in [0.5, 0.6) is 0 Å². The highest BCUT2D eigenvalue weighted by Crippen LogP contribution is 2.26. The third-order valence-electron chi connectivity index (χ3n) is 2.77. The number of sulfone groups is 1. The Hall–Kier alpha value is -1.44. The Kier molecular flexibility index (Phi) is 4.97. The Balaban J connectivity index is 2.16. The zero-order valence-corrected chi connectivity index (χ0v) is 12.9. The summed E-state index contributed by atoms with van der Waals surface area (Å²) < 4.78 is 28.9. The van der Waals surface area contributed by atoms with Crippen LogP contribution in [0.2, 0.25) is 5.02 Å². The van der Waals surface area contributed by atoms with Gasteiger partial charge in [-0.1, -0.05) is 35.8 Å². The molecule has 1 aromatic heterocycles. The van der Waals surface area contributed by atoms with Crippen molar-refractivity contribution in [2.45, 2.75) is 12.7 Å². The Morgan fingerprint density at radius 3 is 2.76 bits per heavy atom. The monoisotopic (exact) mass is 330 g/mol. The van der Waals surface area contributed by atoms with E-state index in [1.807, 2.05) is 0 Å². The first-order chi connectivity index (χ1) is 9.91. The van der Waals surface area contributed by atoms with Crippen molar-refractivity contribution in [3.05, 3.63) is 35.1 Å². The molecule has 8 heteroatoms. The third-order valence-corrected chi connectivity index (χ3v) is 4.88. The van der Waals surface area contributed by atoms with Crippen molar-refractivity contribution < 1.29 is 18.0 Å². The van der Waals surface area contributed by atoms with Crippen molar-refractivity contribution in [2.75, 3.05) is 12.4 Å². The van der Waals surface area contributed by atoms with Crippen molar-refractivity contribution in [3.8, 4) is 11.5 Å². The van der Waals surface area contributed by atoms with Gasteiger partial charge in [0, 0.05) is 6.61 Å². The van der Waals surface area contributed by atoms with Gasteiger partial charge >= 0.3 is 0 Å². The average Bonchev–Trinajstić information content (AvgIpc) is 2.86. The SMILES string of the molecule is CC(CO)CS(=O)(=O)Cc1noc(-c2ccccc2Cl)n1. The van der Waals surface area contributed by atoms with Gasteiger partial charge in [0.15, 0.2) is 15.7 Å². The molecule has 1 atom stereocenters. The lowest BCUT2D eigenvalue weighted by Crippen LogP contribution is -2.18. The molecule has 0 saturated heterocycles. The summed E-state index contributed by atoms with van der Waals surface area (Å²) in [6.07, 6.45) is 0. The standard InChI is InChI=1S/C13H15ClN2O4S/c1-9(6-17)7-21(18,19)8-12-15-13(20-16-12)10-4-2-3-5-11(10)14/h2-5,9,17H,6-8H2,1H3. The van der Waals surface area contributed by atoms with E-state index >= 15 is 0 Å². The maximum Gasteiger partial charge on any atom is 0.259 e. The van der Waals surface area contributed by atoms with Gasteiger partial charge in [0.1, 0.15) is 5.75 Å². The summed E-state index contributed by atoms with van der Waals surface area (Å²) in [6, 6.07) is 6.93. The van der Waals surface area contributed by atoms with E-state index < -0.39 is 9.84 Å². The molecule has 21 heavy (non-hydrogen) atoms. The normalized spacial score (nSPS) is 13.3. The number of aliphatic hydroxyl groups is 1. The van der Waals surface area contributed by atoms with Crippen LogP contribution < -0.4 is 0 Å².